The van der Waals surface area contributed by atoms with Gasteiger partial charge in [-0.3, -0.25) is 9.78 Å². The molecule has 2 aliphatic rings. The van der Waals surface area contributed by atoms with Gasteiger partial charge < -0.3 is 19.5 Å². The number of carbonyl (C=O) groups excluding carboxylic acids is 1. The number of carbonyl (C=O) groups is 1. The topological polar surface area (TPSA) is 82.0 Å². The smallest absolute Gasteiger partial charge is 0.491 e. The Kier molecular flexibility index (Phi) is 6.24. The molecule has 3 heterocycles. The molecule has 1 aromatic heterocycles. The first-order valence-corrected chi connectivity index (χ1v) is 11.8. The number of amides is 1. The quantitative estimate of drug-likeness (QED) is 0.464. The van der Waals surface area contributed by atoms with Crippen molar-refractivity contribution in [3.63, 3.8) is 0 Å². The number of halogens is 4. The minimum Gasteiger partial charge on any atom is -0.491 e. The summed E-state index contributed by atoms with van der Waals surface area (Å²) in [4.78, 5) is 22.4. The third-order valence-corrected chi connectivity index (χ3v) is 6.25. The van der Waals surface area contributed by atoms with Gasteiger partial charge in [0.15, 0.2) is 11.6 Å². The normalized spacial score (nSPS) is 20.0. The number of hydrogen-bond acceptors (Lipinski definition) is 6. The Labute approximate surface area is 215 Å². The van der Waals surface area contributed by atoms with Gasteiger partial charge in [-0.15, -0.1) is 13.2 Å². The molecule has 7 nitrogen and oxygen atoms in total. The number of ether oxygens (including phenoxy) is 3. The average molecular weight is 529 g/mol. The fraction of sp³-hybridized carbons (Fsp3) is 0.296. The summed E-state index contributed by atoms with van der Waals surface area (Å²) in [6.07, 6.45) is -3.41. The van der Waals surface area contributed by atoms with Crippen LogP contribution in [0.5, 0.6) is 11.5 Å². The van der Waals surface area contributed by atoms with Crippen molar-refractivity contribution in [3.05, 3.63) is 89.0 Å². The second kappa shape index (κ2) is 9.30. The Hall–Kier alpha value is -4.15. The van der Waals surface area contributed by atoms with E-state index < -0.39 is 29.4 Å². The zero-order valence-corrected chi connectivity index (χ0v) is 20.4. The third-order valence-electron chi connectivity index (χ3n) is 6.25. The van der Waals surface area contributed by atoms with Gasteiger partial charge in [-0.2, -0.15) is 0 Å². The molecule has 11 heteroatoms. The largest absolute Gasteiger partial charge is 0.573 e. The van der Waals surface area contributed by atoms with E-state index in [2.05, 4.69) is 20.0 Å². The molecule has 0 bridgehead atoms. The van der Waals surface area contributed by atoms with E-state index in [4.69, 9.17) is 9.47 Å². The molecule has 1 amide bonds. The Balaban J connectivity index is 1.50. The number of nitrogens with one attached hydrogen (secondary N) is 1. The van der Waals surface area contributed by atoms with E-state index in [1.165, 1.54) is 12.3 Å². The Morgan fingerprint density at radius 1 is 1.08 bits per heavy atom. The molecule has 2 aromatic carbocycles. The van der Waals surface area contributed by atoms with Crippen LogP contribution in [0.4, 0.5) is 17.6 Å². The molecule has 0 aliphatic carbocycles. The number of benzene rings is 2. The van der Waals surface area contributed by atoms with Crippen LogP contribution in [0, 0.1) is 5.82 Å². The number of fused-ring (bicyclic) bond motifs is 1. The fourth-order valence-corrected chi connectivity index (χ4v) is 4.47. The molecule has 198 valence electrons. The summed E-state index contributed by atoms with van der Waals surface area (Å²) in [5.74, 6) is -1.86. The molecule has 0 radical (unpaired) electrons. The van der Waals surface area contributed by atoms with Crippen molar-refractivity contribution < 1.29 is 36.6 Å². The summed E-state index contributed by atoms with van der Waals surface area (Å²) < 4.78 is 67.9. The van der Waals surface area contributed by atoms with Crippen molar-refractivity contribution in [1.29, 1.82) is 0 Å². The summed E-state index contributed by atoms with van der Waals surface area (Å²) >= 11 is 0. The van der Waals surface area contributed by atoms with Crippen molar-refractivity contribution in [2.24, 2.45) is 4.99 Å². The van der Waals surface area contributed by atoms with E-state index in [-0.39, 0.29) is 24.1 Å². The molecule has 3 aromatic rings. The summed E-state index contributed by atoms with van der Waals surface area (Å²) in [7, 11) is 0. The van der Waals surface area contributed by atoms with Crippen LogP contribution >= 0.6 is 0 Å². The predicted octanol–water partition coefficient (Wildman–Crippen LogP) is 5.13. The molecule has 0 saturated carbocycles. The monoisotopic (exact) mass is 529 g/mol. The number of rotatable bonds is 5. The number of hydrogen-bond donors (Lipinski definition) is 1. The standard InChI is InChI=1S/C27H23F4N3O4/c1-25(2)15-37-24(34-25)17-7-5-16(6-8-17)23(35)33-26(11-13-36-21-4-3-12-32-22(21)26)18-9-10-20(19(28)14-18)38-27(29,30)31/h3-10,12,14H,11,13,15H2,1-2H3,(H,33,35). The molecule has 0 saturated heterocycles. The molecular weight excluding hydrogens is 506 g/mol. The third kappa shape index (κ3) is 5.00. The first kappa shape index (κ1) is 25.5. The molecule has 1 N–H and O–H groups in total. The second-order valence-electron chi connectivity index (χ2n) is 9.60. The van der Waals surface area contributed by atoms with Gasteiger partial charge in [0.25, 0.3) is 5.91 Å². The maximum atomic E-state index is 14.8. The van der Waals surface area contributed by atoms with Crippen LogP contribution < -0.4 is 14.8 Å². The summed E-state index contributed by atoms with van der Waals surface area (Å²) in [6.45, 7) is 4.50. The highest BCUT2D eigenvalue weighted by atomic mass is 19.4. The lowest BCUT2D eigenvalue weighted by Crippen LogP contribution is -2.50. The van der Waals surface area contributed by atoms with E-state index in [0.29, 0.717) is 35.1 Å². The SMILES string of the molecule is CC1(C)COC(c2ccc(C(=O)NC3(c4ccc(OC(F)(F)F)c(F)c4)CCOc4cccnc43)cc2)=N1. The van der Waals surface area contributed by atoms with Crippen LogP contribution in [0.3, 0.4) is 0 Å². The second-order valence-corrected chi connectivity index (χ2v) is 9.60. The molecule has 2 aliphatic heterocycles. The summed E-state index contributed by atoms with van der Waals surface area (Å²) in [6, 6.07) is 13.0. The van der Waals surface area contributed by atoms with Gasteiger partial charge >= 0.3 is 6.36 Å². The van der Waals surface area contributed by atoms with Gasteiger partial charge in [-0.05, 0) is 67.9 Å². The molecule has 0 fully saturated rings. The number of alkyl halides is 3. The minimum atomic E-state index is -5.06. The van der Waals surface area contributed by atoms with E-state index in [1.807, 2.05) is 13.8 Å². The molecule has 38 heavy (non-hydrogen) atoms. The lowest BCUT2D eigenvalue weighted by molar-refractivity contribution is -0.275. The minimum absolute atomic E-state index is 0.146. The maximum absolute atomic E-state index is 14.8. The summed E-state index contributed by atoms with van der Waals surface area (Å²) in [5, 5.41) is 2.95. The Morgan fingerprint density at radius 2 is 1.84 bits per heavy atom. The number of nitrogens with zero attached hydrogens (tertiary/aromatic N) is 2. The van der Waals surface area contributed by atoms with Crippen molar-refractivity contribution in [2.75, 3.05) is 13.2 Å². The lowest BCUT2D eigenvalue weighted by atomic mass is 9.81. The van der Waals surface area contributed by atoms with Crippen molar-refractivity contribution >= 4 is 11.8 Å². The highest BCUT2D eigenvalue weighted by molar-refractivity contribution is 5.99. The van der Waals surface area contributed by atoms with Crippen LogP contribution in [0.15, 0.2) is 65.8 Å². The first-order valence-electron chi connectivity index (χ1n) is 11.8. The highest BCUT2D eigenvalue weighted by Crippen LogP contribution is 2.42. The van der Waals surface area contributed by atoms with Crippen molar-refractivity contribution in [1.82, 2.24) is 10.3 Å². The van der Waals surface area contributed by atoms with Crippen LogP contribution in [-0.4, -0.2) is 41.9 Å². The molecule has 5 rings (SSSR count). The van der Waals surface area contributed by atoms with Crippen LogP contribution in [-0.2, 0) is 10.3 Å². The van der Waals surface area contributed by atoms with Gasteiger partial charge in [-0.25, -0.2) is 9.38 Å². The van der Waals surface area contributed by atoms with Gasteiger partial charge in [0.2, 0.25) is 5.90 Å². The molecule has 1 unspecified atom stereocenters. The van der Waals surface area contributed by atoms with Gasteiger partial charge in [-0.1, -0.05) is 6.07 Å². The summed E-state index contributed by atoms with van der Waals surface area (Å²) in [5.41, 5.74) is -0.221. The zero-order valence-electron chi connectivity index (χ0n) is 20.4. The van der Waals surface area contributed by atoms with Crippen molar-refractivity contribution in [2.45, 2.75) is 37.7 Å². The lowest BCUT2D eigenvalue weighted by Gasteiger charge is -2.39. The number of pyridine rings is 1. The van der Waals surface area contributed by atoms with Gasteiger partial charge in [0, 0.05) is 23.7 Å². The average Bonchev–Trinajstić information content (AvgIpc) is 3.24. The first-order chi connectivity index (χ1) is 18.0. The predicted molar refractivity (Wildman–Crippen MR) is 129 cm³/mol. The van der Waals surface area contributed by atoms with Crippen LogP contribution in [0.2, 0.25) is 0 Å². The highest BCUT2D eigenvalue weighted by Gasteiger charge is 2.43. The van der Waals surface area contributed by atoms with Gasteiger partial charge in [0.1, 0.15) is 23.6 Å². The van der Waals surface area contributed by atoms with Gasteiger partial charge in [0.05, 0.1) is 12.1 Å². The molecular formula is C27H23F4N3O4. The van der Waals surface area contributed by atoms with Crippen molar-refractivity contribution in [3.8, 4) is 11.5 Å². The fourth-order valence-electron chi connectivity index (χ4n) is 4.47. The van der Waals surface area contributed by atoms with E-state index in [9.17, 15) is 22.4 Å². The number of aliphatic imine (C=N–C) groups is 1. The maximum Gasteiger partial charge on any atom is 0.573 e. The number of aromatic nitrogens is 1. The Bertz CT molecular complexity index is 1410. The van der Waals surface area contributed by atoms with E-state index in [0.717, 1.165) is 12.1 Å². The molecule has 0 spiro atoms. The van der Waals surface area contributed by atoms with Crippen LogP contribution in [0.1, 0.15) is 47.4 Å². The van der Waals surface area contributed by atoms with E-state index in [1.54, 1.807) is 36.4 Å². The zero-order chi connectivity index (χ0) is 27.1. The Morgan fingerprint density at radius 3 is 2.50 bits per heavy atom. The van der Waals surface area contributed by atoms with Crippen LogP contribution in [0.25, 0.3) is 0 Å². The van der Waals surface area contributed by atoms with E-state index >= 15 is 0 Å². The molecule has 1 atom stereocenters.